The van der Waals surface area contributed by atoms with E-state index in [4.69, 9.17) is 17.0 Å². The first-order chi connectivity index (χ1) is 8.11. The van der Waals surface area contributed by atoms with Crippen LogP contribution < -0.4 is 5.32 Å². The number of benzene rings is 1. The van der Waals surface area contributed by atoms with Crippen molar-refractivity contribution >= 4 is 62.5 Å². The number of hydrogen-bond acceptors (Lipinski definition) is 4. The van der Waals surface area contributed by atoms with Crippen LogP contribution in [-0.2, 0) is 9.53 Å². The third-order valence-electron chi connectivity index (χ3n) is 1.71. The van der Waals surface area contributed by atoms with Crippen molar-refractivity contribution in [2.45, 2.75) is 6.92 Å². The number of amides is 1. The number of carbonyl (C=O) groups is 1. The number of halogens is 1. The summed E-state index contributed by atoms with van der Waals surface area (Å²) in [5.41, 5.74) is 0.790. The van der Waals surface area contributed by atoms with Crippen molar-refractivity contribution < 1.29 is 9.53 Å². The Morgan fingerprint density at radius 3 is 2.71 bits per heavy atom. The van der Waals surface area contributed by atoms with Crippen molar-refractivity contribution in [2.24, 2.45) is 0 Å². The number of anilines is 1. The number of ether oxygens (including phenoxy) is 1. The molecule has 6 heteroatoms. The summed E-state index contributed by atoms with van der Waals surface area (Å²) < 4.78 is 6.61. The molecule has 0 aromatic heterocycles. The Morgan fingerprint density at radius 2 is 2.12 bits per heavy atom. The summed E-state index contributed by atoms with van der Waals surface area (Å²) in [7, 11) is 0. The van der Waals surface area contributed by atoms with Gasteiger partial charge in [0.25, 0.3) is 0 Å². The van der Waals surface area contributed by atoms with E-state index in [-0.39, 0.29) is 11.7 Å². The van der Waals surface area contributed by atoms with E-state index in [1.807, 2.05) is 31.2 Å². The molecule has 17 heavy (non-hydrogen) atoms. The zero-order valence-corrected chi connectivity index (χ0v) is 13.0. The molecule has 0 aliphatic rings. The molecule has 1 aromatic carbocycles. The molecule has 0 radical (unpaired) electrons. The van der Waals surface area contributed by atoms with Gasteiger partial charge < -0.3 is 10.1 Å². The van der Waals surface area contributed by atoms with Gasteiger partial charge in [-0.3, -0.25) is 4.79 Å². The molecule has 1 amide bonds. The van der Waals surface area contributed by atoms with Gasteiger partial charge in [-0.05, 0) is 66.0 Å². The lowest BCUT2D eigenvalue weighted by atomic mass is 10.3. The number of hydrogen-bond donors (Lipinski definition) is 1. The van der Waals surface area contributed by atoms with Gasteiger partial charge in [0.15, 0.2) is 0 Å². The van der Waals surface area contributed by atoms with Crippen molar-refractivity contribution in [1.29, 1.82) is 0 Å². The molecule has 0 atom stereocenters. The van der Waals surface area contributed by atoms with Crippen LogP contribution in [0.2, 0.25) is 0 Å². The number of carbonyl (C=O) groups excluding carboxylic acids is 1. The fraction of sp³-hybridized carbons (Fsp3) is 0.273. The van der Waals surface area contributed by atoms with E-state index >= 15 is 0 Å². The van der Waals surface area contributed by atoms with Gasteiger partial charge in [-0.2, -0.15) is 0 Å². The monoisotopic (exact) mass is 381 g/mol. The molecular formula is C11H12INO2S2. The maximum absolute atomic E-state index is 11.6. The van der Waals surface area contributed by atoms with E-state index in [1.54, 1.807) is 0 Å². The molecule has 92 valence electrons. The molecule has 1 rings (SSSR count). The van der Waals surface area contributed by atoms with Crippen LogP contribution in [0.3, 0.4) is 0 Å². The van der Waals surface area contributed by atoms with Gasteiger partial charge >= 0.3 is 0 Å². The highest BCUT2D eigenvalue weighted by molar-refractivity contribution is 14.1. The predicted octanol–water partition coefficient (Wildman–Crippen LogP) is 3.28. The van der Waals surface area contributed by atoms with Crippen molar-refractivity contribution in [3.63, 3.8) is 0 Å². The Balaban J connectivity index is 2.34. The molecule has 1 aromatic rings. The number of thiocarbonyl (C=S) groups is 1. The third-order valence-corrected chi connectivity index (χ3v) is 3.66. The molecule has 0 aliphatic heterocycles. The molecule has 0 saturated carbocycles. The number of rotatable bonds is 4. The average Bonchev–Trinajstić information content (AvgIpc) is 2.30. The molecular weight excluding hydrogens is 369 g/mol. The minimum Gasteiger partial charge on any atom is -0.479 e. The van der Waals surface area contributed by atoms with Crippen molar-refractivity contribution in [3.8, 4) is 0 Å². The van der Waals surface area contributed by atoms with Crippen molar-refractivity contribution in [3.05, 3.63) is 27.8 Å². The van der Waals surface area contributed by atoms with Gasteiger partial charge in [0, 0.05) is 9.26 Å². The fourth-order valence-corrected chi connectivity index (χ4v) is 2.19. The molecule has 0 spiro atoms. The Hall–Kier alpha value is -0.340. The summed E-state index contributed by atoms with van der Waals surface area (Å²) in [5.74, 6) is 0.184. The van der Waals surface area contributed by atoms with Crippen molar-refractivity contribution in [1.82, 2.24) is 0 Å². The summed E-state index contributed by atoms with van der Waals surface area (Å²) in [6.45, 7) is 2.39. The van der Waals surface area contributed by atoms with Crippen LogP contribution in [0.5, 0.6) is 0 Å². The van der Waals surface area contributed by atoms with Crippen LogP contribution in [0.25, 0.3) is 0 Å². The molecule has 0 saturated heterocycles. The van der Waals surface area contributed by atoms with Gasteiger partial charge in [0.1, 0.15) is 0 Å². The first-order valence-corrected chi connectivity index (χ1v) is 7.44. The minimum absolute atomic E-state index is 0.0849. The lowest BCUT2D eigenvalue weighted by Gasteiger charge is -2.06. The Kier molecular flexibility index (Phi) is 6.83. The zero-order valence-electron chi connectivity index (χ0n) is 9.23. The maximum atomic E-state index is 11.6. The summed E-state index contributed by atoms with van der Waals surface area (Å²) in [5, 5.41) is 2.79. The van der Waals surface area contributed by atoms with Crippen LogP contribution in [0.15, 0.2) is 24.3 Å². The molecule has 1 N–H and O–H groups in total. The van der Waals surface area contributed by atoms with E-state index in [2.05, 4.69) is 27.9 Å². The standard InChI is InChI=1S/C11H12INO2S2/c1-2-15-11(16)17-7-10(14)13-9-5-3-8(12)4-6-9/h3-6H,2,7H2,1H3,(H,13,14). The number of thioether (sulfide) groups is 1. The number of nitrogens with one attached hydrogen (secondary N) is 1. The highest BCUT2D eigenvalue weighted by atomic mass is 127. The van der Waals surface area contributed by atoms with Gasteiger partial charge in [-0.25, -0.2) is 0 Å². The second kappa shape index (κ2) is 7.88. The predicted molar refractivity (Wildman–Crippen MR) is 84.5 cm³/mol. The highest BCUT2D eigenvalue weighted by Gasteiger charge is 2.05. The lowest BCUT2D eigenvalue weighted by molar-refractivity contribution is -0.113. The first-order valence-electron chi connectivity index (χ1n) is 4.96. The van der Waals surface area contributed by atoms with Gasteiger partial charge in [0.05, 0.1) is 12.4 Å². The van der Waals surface area contributed by atoms with E-state index in [1.165, 1.54) is 11.8 Å². The summed E-state index contributed by atoms with van der Waals surface area (Å²) in [6, 6.07) is 7.61. The van der Waals surface area contributed by atoms with Crippen LogP contribution in [-0.4, -0.2) is 22.6 Å². The topological polar surface area (TPSA) is 38.3 Å². The van der Waals surface area contributed by atoms with Gasteiger partial charge in [-0.15, -0.1) is 0 Å². The van der Waals surface area contributed by atoms with E-state index < -0.39 is 0 Å². The lowest BCUT2D eigenvalue weighted by Crippen LogP contribution is -2.15. The SMILES string of the molecule is CCOC(=S)SCC(=O)Nc1ccc(I)cc1. The Labute approximate surface area is 124 Å². The van der Waals surface area contributed by atoms with E-state index in [0.717, 1.165) is 9.26 Å². The van der Waals surface area contributed by atoms with Crippen LogP contribution in [0.4, 0.5) is 5.69 Å². The van der Waals surface area contributed by atoms with Crippen molar-refractivity contribution in [2.75, 3.05) is 17.7 Å². The van der Waals surface area contributed by atoms with Crippen LogP contribution in [0, 0.1) is 3.57 Å². The summed E-state index contributed by atoms with van der Waals surface area (Å²) >= 11 is 8.35. The highest BCUT2D eigenvalue weighted by Crippen LogP contribution is 2.12. The molecule has 0 heterocycles. The Bertz CT molecular complexity index is 395. The molecule has 0 aliphatic carbocycles. The minimum atomic E-state index is -0.0849. The maximum Gasteiger partial charge on any atom is 0.234 e. The second-order valence-electron chi connectivity index (χ2n) is 3.03. The van der Waals surface area contributed by atoms with E-state index in [0.29, 0.717) is 11.0 Å². The summed E-state index contributed by atoms with van der Waals surface area (Å²) in [4.78, 5) is 11.6. The summed E-state index contributed by atoms with van der Waals surface area (Å²) in [6.07, 6.45) is 0. The zero-order chi connectivity index (χ0) is 12.7. The average molecular weight is 381 g/mol. The molecule has 0 bridgehead atoms. The van der Waals surface area contributed by atoms with Crippen LogP contribution in [0.1, 0.15) is 6.92 Å². The van der Waals surface area contributed by atoms with Gasteiger partial charge in [0.2, 0.25) is 10.3 Å². The first kappa shape index (κ1) is 14.7. The van der Waals surface area contributed by atoms with Gasteiger partial charge in [-0.1, -0.05) is 11.8 Å². The normalized spacial score (nSPS) is 9.76. The third kappa shape index (κ3) is 6.23. The Morgan fingerprint density at radius 1 is 1.47 bits per heavy atom. The van der Waals surface area contributed by atoms with Crippen LogP contribution >= 0.6 is 46.6 Å². The molecule has 0 fully saturated rings. The second-order valence-corrected chi connectivity index (χ2v) is 5.85. The molecule has 0 unspecified atom stereocenters. The van der Waals surface area contributed by atoms with E-state index in [9.17, 15) is 4.79 Å². The largest absolute Gasteiger partial charge is 0.479 e. The quantitative estimate of drug-likeness (QED) is 0.642. The molecule has 3 nitrogen and oxygen atoms in total. The smallest absolute Gasteiger partial charge is 0.234 e. The fourth-order valence-electron chi connectivity index (χ4n) is 1.01.